The molecule has 0 radical (unpaired) electrons. The maximum atomic E-state index is 12.8. The first kappa shape index (κ1) is 17.6. The summed E-state index contributed by atoms with van der Waals surface area (Å²) < 4.78 is 43.9. The van der Waals surface area contributed by atoms with Gasteiger partial charge in [-0.3, -0.25) is 4.79 Å². The van der Waals surface area contributed by atoms with Crippen molar-refractivity contribution in [1.82, 2.24) is 0 Å². The fraction of sp³-hybridized carbons (Fsp3) is 0.0556. The van der Waals surface area contributed by atoms with Gasteiger partial charge in [0.2, 0.25) is 0 Å². The van der Waals surface area contributed by atoms with Gasteiger partial charge in [-0.2, -0.15) is 13.2 Å². The molecule has 3 aromatic carbocycles. The molecule has 7 heteroatoms. The van der Waals surface area contributed by atoms with Gasteiger partial charge in [-0.25, -0.2) is 0 Å². The van der Waals surface area contributed by atoms with Crippen molar-refractivity contribution in [3.63, 3.8) is 0 Å². The van der Waals surface area contributed by atoms with Crippen molar-refractivity contribution in [3.05, 3.63) is 69.7 Å². The molecule has 0 N–H and O–H groups in total. The molecule has 0 aliphatic heterocycles. The number of halogens is 5. The van der Waals surface area contributed by atoms with Crippen molar-refractivity contribution in [3.8, 4) is 11.5 Å². The second-order valence-corrected chi connectivity index (χ2v) is 6.08. The minimum absolute atomic E-state index is 0.00360. The van der Waals surface area contributed by atoms with Crippen LogP contribution < -0.4 is 4.74 Å². The van der Waals surface area contributed by atoms with Crippen LogP contribution in [0.1, 0.15) is 15.9 Å². The van der Waals surface area contributed by atoms with Crippen molar-refractivity contribution >= 4 is 40.3 Å². The number of hydrogen-bond acceptors (Lipinski definition) is 2. The van der Waals surface area contributed by atoms with Crippen LogP contribution >= 0.6 is 23.2 Å². The molecule has 0 aliphatic rings. The Kier molecular flexibility index (Phi) is 4.62. The smallest absolute Gasteiger partial charge is 0.416 e. The van der Waals surface area contributed by atoms with E-state index in [-0.39, 0.29) is 17.1 Å². The quantitative estimate of drug-likeness (QED) is 0.465. The highest BCUT2D eigenvalue weighted by Crippen LogP contribution is 2.36. The van der Waals surface area contributed by atoms with Gasteiger partial charge in [0.25, 0.3) is 0 Å². The van der Waals surface area contributed by atoms with Crippen LogP contribution in [0, 0.1) is 0 Å². The van der Waals surface area contributed by atoms with Gasteiger partial charge in [-0.1, -0.05) is 29.3 Å². The highest BCUT2D eigenvalue weighted by atomic mass is 35.5. The van der Waals surface area contributed by atoms with E-state index >= 15 is 0 Å². The first-order valence-electron chi connectivity index (χ1n) is 7.01. The number of benzene rings is 3. The van der Waals surface area contributed by atoms with Crippen molar-refractivity contribution in [2.45, 2.75) is 6.18 Å². The lowest BCUT2D eigenvalue weighted by Gasteiger charge is -2.12. The molecule has 3 rings (SSSR count). The van der Waals surface area contributed by atoms with Crippen molar-refractivity contribution < 1.29 is 22.7 Å². The molecule has 25 heavy (non-hydrogen) atoms. The first-order valence-corrected chi connectivity index (χ1v) is 7.76. The molecule has 0 spiro atoms. The average molecular weight is 385 g/mol. The minimum atomic E-state index is -4.48. The lowest BCUT2D eigenvalue weighted by Crippen LogP contribution is -2.04. The molecular weight excluding hydrogens is 376 g/mol. The van der Waals surface area contributed by atoms with Gasteiger partial charge in [0.1, 0.15) is 11.5 Å². The van der Waals surface area contributed by atoms with Crippen LogP contribution in [0.3, 0.4) is 0 Å². The monoisotopic (exact) mass is 384 g/mol. The third-order valence-electron chi connectivity index (χ3n) is 3.51. The zero-order valence-corrected chi connectivity index (χ0v) is 13.9. The summed E-state index contributed by atoms with van der Waals surface area (Å²) in [5.74, 6) is 0.189. The lowest BCUT2D eigenvalue weighted by atomic mass is 10.0. The van der Waals surface area contributed by atoms with Gasteiger partial charge in [-0.15, -0.1) is 0 Å². The summed E-state index contributed by atoms with van der Waals surface area (Å²) >= 11 is 12.1. The highest BCUT2D eigenvalue weighted by molar-refractivity contribution is 6.39. The van der Waals surface area contributed by atoms with Crippen LogP contribution in [0.15, 0.2) is 48.5 Å². The molecule has 0 saturated carbocycles. The van der Waals surface area contributed by atoms with Gasteiger partial charge in [0.15, 0.2) is 6.29 Å². The second-order valence-electron chi connectivity index (χ2n) is 5.24. The second kappa shape index (κ2) is 6.58. The van der Waals surface area contributed by atoms with Gasteiger partial charge < -0.3 is 4.74 Å². The molecule has 0 heterocycles. The van der Waals surface area contributed by atoms with E-state index in [2.05, 4.69) is 0 Å². The fourth-order valence-corrected chi connectivity index (χ4v) is 2.96. The maximum Gasteiger partial charge on any atom is 0.416 e. The van der Waals surface area contributed by atoms with E-state index in [1.807, 2.05) is 0 Å². The number of carbonyl (C=O) groups excluding carboxylic acids is 1. The van der Waals surface area contributed by atoms with Crippen LogP contribution in [-0.4, -0.2) is 6.29 Å². The number of alkyl halides is 3. The molecule has 0 fully saturated rings. The predicted molar refractivity (Wildman–Crippen MR) is 90.9 cm³/mol. The molecule has 0 aliphatic carbocycles. The Balaban J connectivity index is 2.07. The Morgan fingerprint density at radius 2 is 1.68 bits per heavy atom. The summed E-state index contributed by atoms with van der Waals surface area (Å²) in [7, 11) is 0. The van der Waals surface area contributed by atoms with Gasteiger partial charge >= 0.3 is 6.18 Å². The molecule has 0 aromatic heterocycles. The lowest BCUT2D eigenvalue weighted by molar-refractivity contribution is -0.137. The molecule has 0 atom stereocenters. The Hall–Kier alpha value is -2.24. The summed E-state index contributed by atoms with van der Waals surface area (Å²) in [4.78, 5) is 11.3. The average Bonchev–Trinajstić information content (AvgIpc) is 2.54. The van der Waals surface area contributed by atoms with E-state index in [1.54, 1.807) is 12.1 Å². The van der Waals surface area contributed by atoms with Crippen LogP contribution in [-0.2, 0) is 6.18 Å². The molecular formula is C18H9Cl2F3O2. The minimum Gasteiger partial charge on any atom is -0.457 e. The standard InChI is InChI=1S/C18H9Cl2F3O2/c19-12-6-15-10(9-24)4-14(8-16(15)17(20)7-12)25-13-3-1-2-11(5-13)18(21,22)23/h1-9H. The van der Waals surface area contributed by atoms with Gasteiger partial charge in [0, 0.05) is 16.0 Å². The van der Waals surface area contributed by atoms with Crippen molar-refractivity contribution in [2.75, 3.05) is 0 Å². The Morgan fingerprint density at radius 3 is 2.36 bits per heavy atom. The third-order valence-corrected chi connectivity index (χ3v) is 4.04. The Morgan fingerprint density at radius 1 is 0.920 bits per heavy atom. The largest absolute Gasteiger partial charge is 0.457 e. The molecule has 3 aromatic rings. The van der Waals surface area contributed by atoms with E-state index in [9.17, 15) is 18.0 Å². The number of aldehydes is 1. The van der Waals surface area contributed by atoms with Crippen LogP contribution in [0.25, 0.3) is 10.8 Å². The van der Waals surface area contributed by atoms with Crippen LogP contribution in [0.2, 0.25) is 10.0 Å². The highest BCUT2D eigenvalue weighted by Gasteiger charge is 2.30. The first-order chi connectivity index (χ1) is 11.8. The molecule has 128 valence electrons. The van der Waals surface area contributed by atoms with Gasteiger partial charge in [0.05, 0.1) is 10.6 Å². The fourth-order valence-electron chi connectivity index (χ4n) is 2.41. The molecule has 0 amide bonds. The van der Waals surface area contributed by atoms with Crippen molar-refractivity contribution in [1.29, 1.82) is 0 Å². The maximum absolute atomic E-state index is 12.8. The van der Waals surface area contributed by atoms with Crippen molar-refractivity contribution in [2.24, 2.45) is 0 Å². The summed E-state index contributed by atoms with van der Waals surface area (Å²) in [5.41, 5.74) is -0.560. The molecule has 0 bridgehead atoms. The van der Waals surface area contributed by atoms with E-state index in [0.29, 0.717) is 27.1 Å². The Labute approximate surface area is 150 Å². The van der Waals surface area contributed by atoms with E-state index in [4.69, 9.17) is 27.9 Å². The molecule has 0 unspecified atom stereocenters. The SMILES string of the molecule is O=Cc1cc(Oc2cccc(C(F)(F)F)c2)cc2c(Cl)cc(Cl)cc12. The van der Waals surface area contributed by atoms with E-state index in [1.165, 1.54) is 24.3 Å². The van der Waals surface area contributed by atoms with E-state index < -0.39 is 11.7 Å². The van der Waals surface area contributed by atoms with Crippen LogP contribution in [0.5, 0.6) is 11.5 Å². The van der Waals surface area contributed by atoms with E-state index in [0.717, 1.165) is 12.1 Å². The predicted octanol–water partition coefficient (Wildman–Crippen LogP) is 6.77. The topological polar surface area (TPSA) is 26.3 Å². The van der Waals surface area contributed by atoms with Crippen LogP contribution in [0.4, 0.5) is 13.2 Å². The number of fused-ring (bicyclic) bond motifs is 1. The molecule has 2 nitrogen and oxygen atoms in total. The third kappa shape index (κ3) is 3.72. The number of ether oxygens (including phenoxy) is 1. The summed E-state index contributed by atoms with van der Waals surface area (Å²) in [6.45, 7) is 0. The number of carbonyl (C=O) groups is 1. The normalized spacial score (nSPS) is 11.6. The molecule has 0 saturated heterocycles. The summed E-state index contributed by atoms with van der Waals surface area (Å²) in [6.07, 6.45) is -3.87. The van der Waals surface area contributed by atoms with Gasteiger partial charge in [-0.05, 0) is 47.9 Å². The Bertz CT molecular complexity index is 968. The zero-order chi connectivity index (χ0) is 18.2. The summed E-state index contributed by atoms with van der Waals surface area (Å²) in [6, 6.07) is 10.5. The number of rotatable bonds is 3. The zero-order valence-electron chi connectivity index (χ0n) is 12.4. The number of hydrogen-bond donors (Lipinski definition) is 0. The summed E-state index contributed by atoms with van der Waals surface area (Å²) in [5, 5.41) is 1.72.